The van der Waals surface area contributed by atoms with Gasteiger partial charge in [0.05, 0.1) is 53.2 Å². The fourth-order valence-electron chi connectivity index (χ4n) is 12.6. The summed E-state index contributed by atoms with van der Waals surface area (Å²) in [4.78, 5) is 27.0. The molecule has 7 rings (SSSR count). The van der Waals surface area contributed by atoms with Crippen molar-refractivity contribution >= 4 is 46.4 Å². The fraction of sp³-hybridized carbons (Fsp3) is 0.780. The Balaban J connectivity index is 1.13. The van der Waals surface area contributed by atoms with Gasteiger partial charge in [-0.25, -0.2) is 0 Å². The fourth-order valence-corrected chi connectivity index (χ4v) is 13.0. The van der Waals surface area contributed by atoms with Gasteiger partial charge < -0.3 is 49.6 Å². The van der Waals surface area contributed by atoms with Crippen molar-refractivity contribution in [3.05, 3.63) is 41.4 Å². The Bertz CT molecular complexity index is 1920. The van der Waals surface area contributed by atoms with Crippen LogP contribution in [0.2, 0.25) is 5.02 Å². The smallest absolute Gasteiger partial charge is 0.309 e. The largest absolute Gasteiger partial charge is 0.481 e. The normalized spacial score (nSPS) is 43.7. The molecule has 2 unspecified atom stereocenters. The van der Waals surface area contributed by atoms with Gasteiger partial charge in [-0.3, -0.25) is 9.59 Å². The van der Waals surface area contributed by atoms with Gasteiger partial charge in [0, 0.05) is 40.3 Å². The van der Waals surface area contributed by atoms with E-state index in [4.69, 9.17) is 47.5 Å². The molecule has 1 aliphatic carbocycles. The van der Waals surface area contributed by atoms with Crippen molar-refractivity contribution < 1.29 is 48.6 Å². The van der Waals surface area contributed by atoms with E-state index in [2.05, 4.69) is 38.3 Å². The van der Waals surface area contributed by atoms with Crippen LogP contribution in [0.4, 0.5) is 5.69 Å². The minimum atomic E-state index is -1.25. The van der Waals surface area contributed by atoms with Gasteiger partial charge in [0.15, 0.2) is 16.7 Å². The van der Waals surface area contributed by atoms with Crippen LogP contribution in [-0.2, 0) is 33.3 Å². The maximum atomic E-state index is 14.9. The monoisotopic (exact) mass is 930 g/mol. The van der Waals surface area contributed by atoms with Gasteiger partial charge >= 0.3 is 5.97 Å². The Hall–Kier alpha value is -2.20. The van der Waals surface area contributed by atoms with Gasteiger partial charge in [-0.2, -0.15) is 0 Å². The molecule has 3 spiro atoms. The van der Waals surface area contributed by atoms with Crippen LogP contribution in [0, 0.1) is 40.9 Å². The van der Waals surface area contributed by atoms with Crippen molar-refractivity contribution in [3.8, 4) is 0 Å². The van der Waals surface area contributed by atoms with Crippen LogP contribution < -0.4 is 10.6 Å². The van der Waals surface area contributed by atoms with Crippen LogP contribution in [0.25, 0.3) is 0 Å². The van der Waals surface area contributed by atoms with Gasteiger partial charge in [-0.05, 0) is 132 Å². The summed E-state index contributed by atoms with van der Waals surface area (Å²) < 4.78 is 35.2. The number of halogens is 1. The van der Waals surface area contributed by atoms with E-state index in [1.165, 1.54) is 0 Å². The molecule has 5 N–H and O–H groups in total. The number of anilines is 1. The first kappa shape index (κ1) is 49.7. The molecule has 5 fully saturated rings. The average Bonchev–Trinajstić information content (AvgIpc) is 3.71. The van der Waals surface area contributed by atoms with Gasteiger partial charge in [0.1, 0.15) is 11.8 Å². The first-order valence-corrected chi connectivity index (χ1v) is 24.9. The highest BCUT2D eigenvalue weighted by molar-refractivity contribution is 7.80. The van der Waals surface area contributed by atoms with Crippen LogP contribution in [-0.4, -0.2) is 97.1 Å². The van der Waals surface area contributed by atoms with E-state index in [-0.39, 0.29) is 35.7 Å². The Labute approximate surface area is 391 Å². The Kier molecular flexibility index (Phi) is 14.3. The third-order valence-electron chi connectivity index (χ3n) is 17.1. The van der Waals surface area contributed by atoms with E-state index in [9.17, 15) is 24.9 Å². The summed E-state index contributed by atoms with van der Waals surface area (Å²) in [5.41, 5.74) is -2.30. The van der Waals surface area contributed by atoms with Gasteiger partial charge in [0.2, 0.25) is 0 Å². The van der Waals surface area contributed by atoms with Crippen molar-refractivity contribution in [2.75, 3.05) is 5.32 Å². The van der Waals surface area contributed by atoms with Crippen LogP contribution in [0.5, 0.6) is 0 Å². The van der Waals surface area contributed by atoms with Crippen LogP contribution in [0.3, 0.4) is 0 Å². The molecule has 1 aromatic rings. The number of rotatable bonds is 13. The molecule has 0 radical (unpaired) electrons. The number of nitrogens with one attached hydrogen (secondary N) is 2. The maximum Gasteiger partial charge on any atom is 0.309 e. The molecule has 64 heavy (non-hydrogen) atoms. The molecule has 14 heteroatoms. The van der Waals surface area contributed by atoms with Crippen LogP contribution in [0.15, 0.2) is 36.4 Å². The average molecular weight is 932 g/mol. The second-order valence-electron chi connectivity index (χ2n) is 21.1. The van der Waals surface area contributed by atoms with Crippen molar-refractivity contribution in [2.24, 2.45) is 40.9 Å². The van der Waals surface area contributed by atoms with Crippen molar-refractivity contribution in [2.45, 2.75) is 205 Å². The lowest BCUT2D eigenvalue weighted by molar-refractivity contribution is -0.397. The molecular weight excluding hydrogens is 856 g/mol. The topological polar surface area (TPSA) is 165 Å². The first-order chi connectivity index (χ1) is 30.0. The Morgan fingerprint density at radius 3 is 2.25 bits per heavy atom. The third kappa shape index (κ3) is 8.74. The lowest BCUT2D eigenvalue weighted by atomic mass is 9.72. The third-order valence-corrected chi connectivity index (χ3v) is 17.6. The summed E-state index contributed by atoms with van der Waals surface area (Å²) in [7, 11) is 0. The zero-order valence-electron chi connectivity index (χ0n) is 39.7. The highest BCUT2D eigenvalue weighted by Gasteiger charge is 2.74. The Morgan fingerprint density at radius 1 is 0.938 bits per heavy atom. The highest BCUT2D eigenvalue weighted by Crippen LogP contribution is 2.68. The summed E-state index contributed by atoms with van der Waals surface area (Å²) in [5.74, 6) is -5.33. The van der Waals surface area contributed by atoms with Gasteiger partial charge in [0.25, 0.3) is 0 Å². The molecular formula is C50H75ClN2O10S. The molecule has 5 heterocycles. The number of aliphatic carboxylic acids is 1. The molecule has 18 atom stereocenters. The van der Waals surface area contributed by atoms with Crippen LogP contribution >= 0.6 is 23.8 Å². The molecule has 6 aliphatic rings. The number of carbonyl (C=O) groups excluding carboxylic acids is 1. The number of carboxylic acid groups (broad SMARTS) is 1. The predicted molar refractivity (Wildman–Crippen MR) is 250 cm³/mol. The number of ketones is 1. The highest BCUT2D eigenvalue weighted by atomic mass is 35.5. The van der Waals surface area contributed by atoms with Crippen LogP contribution in [0.1, 0.15) is 140 Å². The molecule has 1 saturated carbocycles. The van der Waals surface area contributed by atoms with E-state index in [1.54, 1.807) is 12.1 Å². The number of thiocarbonyl (C=S) groups is 1. The zero-order chi connectivity index (χ0) is 46.8. The lowest BCUT2D eigenvalue weighted by Crippen LogP contribution is -2.66. The number of carboxylic acids is 1. The van der Waals surface area contributed by atoms with Crippen molar-refractivity contribution in [3.63, 3.8) is 0 Å². The SMILES string of the molecule is CCC(C(=O)[C@@H](C)[C@@H](O)C1(C)C[C@]12O[C@@H]([C@@H](CC)C(=O)O)CC[C@@H]2C)[C@H]1O[C@]2(C=C[C@@H](NC(=S)Nc3ccc(Cl)cc3)[C@]3(CC[C@@](C)([C@H]4CC[C@](O)(CC)[C@H](C)O4)O3)O2)[C@H](C)C[C@@H]1C. The van der Waals surface area contributed by atoms with E-state index < -0.39 is 81.9 Å². The Morgan fingerprint density at radius 2 is 1.62 bits per heavy atom. The standard InChI is InChI=1S/C50H75ClN2O10S/c1-11-35(43(56)57)37-19-14-29(5)48(60-37)27-45(48,9)42(55)31(7)40(54)36(12-2)41-28(4)26-30(6)49(61-41)23-20-38(53-44(64)52-34-17-15-33(51)16-18-34)50(63-49)25-24-46(10,62-50)39-21-22-47(58,13-3)32(8)59-39/h15-18,20,23,28-32,35-39,41-42,55,58H,11-14,19,21-22,24-27H2,1-10H3,(H,56,57)(H2,52,53,64)/t28-,29-,30+,31+,32-,35+,36?,37+,38+,39+,41-,42+,45?,46-,47+,48+,49-,50-/m0/s1. The van der Waals surface area contributed by atoms with E-state index >= 15 is 0 Å². The molecule has 4 saturated heterocycles. The van der Waals surface area contributed by atoms with E-state index in [0.717, 1.165) is 12.1 Å². The number of ether oxygens (including phenoxy) is 5. The predicted octanol–water partition coefficient (Wildman–Crippen LogP) is 8.98. The number of hydrogen-bond acceptors (Lipinski definition) is 10. The molecule has 0 aromatic heterocycles. The number of Topliss-reactive ketones (excluding diaryl/α,β-unsaturated/α-hetero) is 1. The minimum absolute atomic E-state index is 0.00432. The number of aliphatic hydroxyl groups excluding tert-OH is 1. The zero-order valence-corrected chi connectivity index (χ0v) is 41.2. The van der Waals surface area contributed by atoms with E-state index in [1.807, 2.05) is 65.8 Å². The molecule has 1 aromatic carbocycles. The molecule has 12 nitrogen and oxygen atoms in total. The maximum absolute atomic E-state index is 14.9. The summed E-state index contributed by atoms with van der Waals surface area (Å²) in [6.07, 6.45) is 8.00. The molecule has 0 bridgehead atoms. The number of carbonyl (C=O) groups is 2. The van der Waals surface area contributed by atoms with E-state index in [0.29, 0.717) is 74.3 Å². The molecule has 0 amide bonds. The second kappa shape index (κ2) is 18.4. The summed E-state index contributed by atoms with van der Waals surface area (Å²) in [6, 6.07) is 6.76. The lowest BCUT2D eigenvalue weighted by Gasteiger charge is -2.55. The first-order valence-electron chi connectivity index (χ1n) is 24.2. The number of benzene rings is 1. The summed E-state index contributed by atoms with van der Waals surface area (Å²) in [6.45, 7) is 20.0. The quantitative estimate of drug-likeness (QED) is 0.0942. The summed E-state index contributed by atoms with van der Waals surface area (Å²) in [5, 5.41) is 41.2. The number of aliphatic hydroxyl groups is 2. The second-order valence-corrected chi connectivity index (χ2v) is 21.9. The van der Waals surface area contributed by atoms with Gasteiger partial charge in [-0.15, -0.1) is 0 Å². The molecule has 358 valence electrons. The minimum Gasteiger partial charge on any atom is -0.481 e. The van der Waals surface area contributed by atoms with Crippen molar-refractivity contribution in [1.29, 1.82) is 0 Å². The summed E-state index contributed by atoms with van der Waals surface area (Å²) >= 11 is 12.0. The number of hydrogen-bond donors (Lipinski definition) is 5. The molecule has 5 aliphatic heterocycles. The van der Waals surface area contributed by atoms with Crippen molar-refractivity contribution in [1.82, 2.24) is 5.32 Å². The van der Waals surface area contributed by atoms with Gasteiger partial charge in [-0.1, -0.05) is 73.1 Å².